The highest BCUT2D eigenvalue weighted by molar-refractivity contribution is 5.78. The molecule has 128 valence electrons. The van der Waals surface area contributed by atoms with Gasteiger partial charge in [0.25, 0.3) is 0 Å². The maximum atomic E-state index is 12.2. The van der Waals surface area contributed by atoms with Gasteiger partial charge < -0.3 is 10.2 Å². The van der Waals surface area contributed by atoms with Crippen molar-refractivity contribution in [2.75, 3.05) is 13.1 Å². The number of amides is 2. The van der Waals surface area contributed by atoms with Gasteiger partial charge in [-0.2, -0.15) is 5.10 Å². The van der Waals surface area contributed by atoms with E-state index in [0.29, 0.717) is 6.04 Å². The topological polar surface area (TPSA) is 66.3 Å². The Bertz CT molecular complexity index is 575. The average molecular weight is 320 g/mol. The van der Waals surface area contributed by atoms with E-state index in [1.165, 1.54) is 0 Å². The monoisotopic (exact) mass is 320 g/mol. The fourth-order valence-corrected chi connectivity index (χ4v) is 3.76. The lowest BCUT2D eigenvalue weighted by Gasteiger charge is -2.38. The lowest BCUT2D eigenvalue weighted by Crippen LogP contribution is -2.52. The zero-order valence-corrected chi connectivity index (χ0v) is 14.8. The summed E-state index contributed by atoms with van der Waals surface area (Å²) in [5, 5.41) is 7.51. The van der Waals surface area contributed by atoms with E-state index in [2.05, 4.69) is 54.9 Å². The molecule has 1 aromatic heterocycles. The third kappa shape index (κ3) is 3.06. The van der Waals surface area contributed by atoms with Gasteiger partial charge in [-0.1, -0.05) is 0 Å². The Morgan fingerprint density at radius 3 is 2.78 bits per heavy atom. The Labute approximate surface area is 138 Å². The van der Waals surface area contributed by atoms with Crippen LogP contribution in [-0.2, 0) is 12.1 Å². The Kier molecular flexibility index (Phi) is 4.08. The van der Waals surface area contributed by atoms with Crippen LogP contribution in [0.4, 0.5) is 4.79 Å². The van der Waals surface area contributed by atoms with Crippen LogP contribution in [0.2, 0.25) is 0 Å². The molecule has 2 amide bonds. The van der Waals surface area contributed by atoms with E-state index in [1.54, 1.807) is 6.33 Å². The molecule has 2 aliphatic heterocycles. The van der Waals surface area contributed by atoms with Crippen molar-refractivity contribution in [3.63, 3.8) is 0 Å². The molecular weight excluding hydrogens is 292 g/mol. The van der Waals surface area contributed by atoms with Gasteiger partial charge in [0.05, 0.1) is 24.2 Å². The average Bonchev–Trinajstić information content (AvgIpc) is 3.00. The summed E-state index contributed by atoms with van der Waals surface area (Å²) in [6.45, 7) is 13.2. The number of nitrogens with one attached hydrogen (secondary N) is 1. The molecule has 0 spiro atoms. The lowest BCUT2D eigenvalue weighted by atomic mass is 9.99. The summed E-state index contributed by atoms with van der Waals surface area (Å²) in [7, 11) is 0. The van der Waals surface area contributed by atoms with Gasteiger partial charge >= 0.3 is 6.03 Å². The van der Waals surface area contributed by atoms with Crippen molar-refractivity contribution in [3.8, 4) is 0 Å². The summed E-state index contributed by atoms with van der Waals surface area (Å²) < 4.78 is 1.99. The van der Waals surface area contributed by atoms with Crippen LogP contribution in [-0.4, -0.2) is 61.8 Å². The number of urea groups is 1. The summed E-state index contributed by atoms with van der Waals surface area (Å²) >= 11 is 0. The number of hydrogen-bond donors (Lipinski definition) is 1. The van der Waals surface area contributed by atoms with Crippen LogP contribution in [0.1, 0.15) is 46.9 Å². The summed E-state index contributed by atoms with van der Waals surface area (Å²) in [5.41, 5.74) is -0.0693. The predicted octanol–water partition coefficient (Wildman–Crippen LogP) is 1.41. The third-order valence-corrected chi connectivity index (χ3v) is 4.74. The second kappa shape index (κ2) is 5.78. The van der Waals surface area contributed by atoms with Crippen molar-refractivity contribution in [3.05, 3.63) is 12.2 Å². The van der Waals surface area contributed by atoms with Crippen LogP contribution >= 0.6 is 0 Å². The van der Waals surface area contributed by atoms with E-state index in [-0.39, 0.29) is 23.7 Å². The first kappa shape index (κ1) is 16.2. The maximum Gasteiger partial charge on any atom is 0.318 e. The molecule has 0 aromatic carbocycles. The molecule has 0 aliphatic carbocycles. The van der Waals surface area contributed by atoms with Gasteiger partial charge in [0, 0.05) is 19.1 Å². The van der Waals surface area contributed by atoms with Gasteiger partial charge in [0.15, 0.2) is 0 Å². The van der Waals surface area contributed by atoms with Crippen LogP contribution < -0.4 is 5.32 Å². The number of carbonyl (C=O) groups is 1. The first-order chi connectivity index (χ1) is 10.8. The Hall–Kier alpha value is -1.63. The molecule has 2 saturated heterocycles. The fourth-order valence-electron chi connectivity index (χ4n) is 3.76. The molecule has 23 heavy (non-hydrogen) atoms. The maximum absolute atomic E-state index is 12.2. The quantitative estimate of drug-likeness (QED) is 0.914. The van der Waals surface area contributed by atoms with E-state index in [9.17, 15) is 4.79 Å². The second-order valence-corrected chi connectivity index (χ2v) is 7.91. The second-order valence-electron chi connectivity index (χ2n) is 7.91. The largest absolute Gasteiger partial charge is 0.332 e. The van der Waals surface area contributed by atoms with Gasteiger partial charge in [-0.15, -0.1) is 0 Å². The Morgan fingerprint density at radius 2 is 2.13 bits per heavy atom. The number of nitrogens with zero attached hydrogens (tertiary/aromatic N) is 5. The van der Waals surface area contributed by atoms with E-state index < -0.39 is 0 Å². The molecule has 3 heterocycles. The van der Waals surface area contributed by atoms with Crippen molar-refractivity contribution in [2.45, 2.75) is 71.2 Å². The summed E-state index contributed by atoms with van der Waals surface area (Å²) in [5.74, 6) is 0.987. The molecule has 2 atom stereocenters. The molecule has 7 nitrogen and oxygen atoms in total. The predicted molar refractivity (Wildman–Crippen MR) is 88.0 cm³/mol. The van der Waals surface area contributed by atoms with Gasteiger partial charge in [0.2, 0.25) is 0 Å². The highest BCUT2D eigenvalue weighted by Crippen LogP contribution is 2.26. The molecule has 7 heteroatoms. The number of rotatable bonds is 3. The number of piperidine rings is 1. The van der Waals surface area contributed by atoms with Gasteiger partial charge in [-0.05, 0) is 41.0 Å². The molecule has 0 radical (unpaired) electrons. The molecule has 0 bridgehead atoms. The SMILES string of the molecule is CC(C)N1C(=O)N[C@@H]2CN(Cc3ncnn3C(C)(C)C)CC[C@@H]21. The van der Waals surface area contributed by atoms with Crippen LogP contribution in [0.15, 0.2) is 6.33 Å². The molecule has 1 aromatic rings. The molecule has 2 aliphatic rings. The number of hydrogen-bond acceptors (Lipinski definition) is 4. The highest BCUT2D eigenvalue weighted by Gasteiger charge is 2.43. The zero-order valence-electron chi connectivity index (χ0n) is 14.8. The molecule has 3 rings (SSSR count). The summed E-state index contributed by atoms with van der Waals surface area (Å²) in [6, 6.07) is 0.860. The van der Waals surface area contributed by atoms with Gasteiger partial charge in [0.1, 0.15) is 12.2 Å². The van der Waals surface area contributed by atoms with Gasteiger partial charge in [-0.25, -0.2) is 14.5 Å². The third-order valence-electron chi connectivity index (χ3n) is 4.74. The number of carbonyl (C=O) groups excluding carboxylic acids is 1. The normalized spacial score (nSPS) is 25.8. The number of fused-ring (bicyclic) bond motifs is 1. The minimum Gasteiger partial charge on any atom is -0.332 e. The van der Waals surface area contributed by atoms with Gasteiger partial charge in [-0.3, -0.25) is 4.90 Å². The van der Waals surface area contributed by atoms with E-state index in [1.807, 2.05) is 9.58 Å². The summed E-state index contributed by atoms with van der Waals surface area (Å²) in [4.78, 5) is 21.0. The molecule has 0 saturated carbocycles. The Balaban J connectivity index is 1.68. The van der Waals surface area contributed by atoms with Crippen molar-refractivity contribution in [1.82, 2.24) is 29.9 Å². The number of aromatic nitrogens is 3. The minimum absolute atomic E-state index is 0.0693. The number of likely N-dealkylation sites (tertiary alicyclic amines) is 1. The minimum atomic E-state index is -0.0693. The van der Waals surface area contributed by atoms with Crippen LogP contribution in [0, 0.1) is 0 Å². The molecule has 0 unspecified atom stereocenters. The standard InChI is InChI=1S/C16H28N6O/c1-11(2)21-13-6-7-20(8-12(13)19-15(21)23)9-14-17-10-18-22(14)16(3,4)5/h10-13H,6-9H2,1-5H3,(H,19,23)/t12-,13+/m1/s1. The van der Waals surface area contributed by atoms with Crippen molar-refractivity contribution in [1.29, 1.82) is 0 Å². The highest BCUT2D eigenvalue weighted by atomic mass is 16.2. The molecule has 1 N–H and O–H groups in total. The lowest BCUT2D eigenvalue weighted by molar-refractivity contribution is 0.118. The van der Waals surface area contributed by atoms with Crippen LogP contribution in [0.3, 0.4) is 0 Å². The van der Waals surface area contributed by atoms with Crippen molar-refractivity contribution in [2.24, 2.45) is 0 Å². The zero-order chi connectivity index (χ0) is 16.8. The van der Waals surface area contributed by atoms with E-state index in [0.717, 1.165) is 31.9 Å². The summed E-state index contributed by atoms with van der Waals surface area (Å²) in [6.07, 6.45) is 2.64. The molecular formula is C16H28N6O. The van der Waals surface area contributed by atoms with Crippen LogP contribution in [0.25, 0.3) is 0 Å². The first-order valence-corrected chi connectivity index (χ1v) is 8.48. The van der Waals surface area contributed by atoms with Crippen LogP contribution in [0.5, 0.6) is 0 Å². The smallest absolute Gasteiger partial charge is 0.318 e. The molecule has 2 fully saturated rings. The Morgan fingerprint density at radius 1 is 1.39 bits per heavy atom. The van der Waals surface area contributed by atoms with Crippen molar-refractivity contribution >= 4 is 6.03 Å². The van der Waals surface area contributed by atoms with E-state index in [4.69, 9.17) is 0 Å². The van der Waals surface area contributed by atoms with E-state index >= 15 is 0 Å². The van der Waals surface area contributed by atoms with Crippen molar-refractivity contribution < 1.29 is 4.79 Å². The fraction of sp³-hybridized carbons (Fsp3) is 0.812. The first-order valence-electron chi connectivity index (χ1n) is 8.48.